The van der Waals surface area contributed by atoms with Crippen LogP contribution in [0, 0.1) is 5.41 Å². The normalized spacial score (nSPS) is 22.3. The van der Waals surface area contributed by atoms with E-state index in [9.17, 15) is 14.4 Å². The van der Waals surface area contributed by atoms with Crippen molar-refractivity contribution in [2.24, 2.45) is 5.41 Å². The van der Waals surface area contributed by atoms with Gasteiger partial charge in [-0.2, -0.15) is 0 Å². The molecule has 1 aliphatic carbocycles. The van der Waals surface area contributed by atoms with Gasteiger partial charge in [-0.25, -0.2) is 0 Å². The fourth-order valence-corrected chi connectivity index (χ4v) is 5.01. The zero-order chi connectivity index (χ0) is 19.7. The SMILES string of the molecule is CN1CC2(CCC1=O)CCN(C(=O)CC1=C(c3ccccc3)CCC1=O)CC2. The van der Waals surface area contributed by atoms with Crippen LogP contribution in [0.4, 0.5) is 0 Å². The van der Waals surface area contributed by atoms with Crippen LogP contribution in [-0.2, 0) is 14.4 Å². The van der Waals surface area contributed by atoms with Crippen molar-refractivity contribution in [2.75, 3.05) is 26.7 Å². The number of benzene rings is 1. The molecule has 2 amide bonds. The summed E-state index contributed by atoms with van der Waals surface area (Å²) in [5.74, 6) is 0.408. The Hall–Kier alpha value is -2.43. The third kappa shape index (κ3) is 3.62. The molecule has 5 nitrogen and oxygen atoms in total. The number of amides is 2. The van der Waals surface area contributed by atoms with E-state index in [4.69, 9.17) is 0 Å². The third-order valence-corrected chi connectivity index (χ3v) is 6.80. The smallest absolute Gasteiger partial charge is 0.227 e. The Bertz CT molecular complexity index is 820. The molecule has 2 aliphatic heterocycles. The van der Waals surface area contributed by atoms with E-state index < -0.39 is 0 Å². The van der Waals surface area contributed by atoms with Gasteiger partial charge in [-0.1, -0.05) is 30.3 Å². The predicted molar refractivity (Wildman–Crippen MR) is 107 cm³/mol. The van der Waals surface area contributed by atoms with Gasteiger partial charge in [0, 0.05) is 45.1 Å². The minimum Gasteiger partial charge on any atom is -0.345 e. The zero-order valence-electron chi connectivity index (χ0n) is 16.6. The molecule has 4 rings (SSSR count). The van der Waals surface area contributed by atoms with Crippen LogP contribution in [0.2, 0.25) is 0 Å². The number of ketones is 1. The summed E-state index contributed by atoms with van der Waals surface area (Å²) in [5.41, 5.74) is 2.97. The fraction of sp³-hybridized carbons (Fsp3) is 0.522. The maximum atomic E-state index is 12.9. The summed E-state index contributed by atoms with van der Waals surface area (Å²) < 4.78 is 0. The number of hydrogen-bond acceptors (Lipinski definition) is 3. The number of likely N-dealkylation sites (tertiary alicyclic amines) is 2. The zero-order valence-corrected chi connectivity index (χ0v) is 16.6. The average molecular weight is 380 g/mol. The molecule has 1 aromatic carbocycles. The van der Waals surface area contributed by atoms with Crippen LogP contribution < -0.4 is 0 Å². The first-order valence-corrected chi connectivity index (χ1v) is 10.3. The van der Waals surface area contributed by atoms with Gasteiger partial charge in [-0.05, 0) is 42.2 Å². The van der Waals surface area contributed by atoms with Gasteiger partial charge in [-0.15, -0.1) is 0 Å². The summed E-state index contributed by atoms with van der Waals surface area (Å²) >= 11 is 0. The lowest BCUT2D eigenvalue weighted by Gasteiger charge is -2.46. The Kier molecular flexibility index (Phi) is 5.09. The Labute approximate surface area is 166 Å². The van der Waals surface area contributed by atoms with Crippen LogP contribution in [0.3, 0.4) is 0 Å². The van der Waals surface area contributed by atoms with E-state index in [0.29, 0.717) is 18.4 Å². The number of allylic oxidation sites excluding steroid dienone is 1. The highest BCUT2D eigenvalue weighted by molar-refractivity contribution is 6.10. The number of nitrogens with zero attached hydrogens (tertiary/aromatic N) is 2. The Morgan fingerprint density at radius 2 is 1.71 bits per heavy atom. The van der Waals surface area contributed by atoms with Crippen molar-refractivity contribution in [3.63, 3.8) is 0 Å². The van der Waals surface area contributed by atoms with Crippen molar-refractivity contribution < 1.29 is 14.4 Å². The molecule has 1 aromatic rings. The maximum absolute atomic E-state index is 12.9. The Balaban J connectivity index is 1.42. The fourth-order valence-electron chi connectivity index (χ4n) is 5.01. The quantitative estimate of drug-likeness (QED) is 0.810. The predicted octanol–water partition coefficient (Wildman–Crippen LogP) is 3.05. The molecule has 5 heteroatoms. The summed E-state index contributed by atoms with van der Waals surface area (Å²) in [5, 5.41) is 0. The van der Waals surface area contributed by atoms with Crippen LogP contribution in [-0.4, -0.2) is 54.1 Å². The third-order valence-electron chi connectivity index (χ3n) is 6.80. The first-order valence-electron chi connectivity index (χ1n) is 10.3. The molecule has 0 bridgehead atoms. The van der Waals surface area contributed by atoms with Gasteiger partial charge in [0.25, 0.3) is 0 Å². The highest BCUT2D eigenvalue weighted by Gasteiger charge is 2.41. The minimum absolute atomic E-state index is 0.0637. The molecule has 0 unspecified atom stereocenters. The Morgan fingerprint density at radius 1 is 1.00 bits per heavy atom. The average Bonchev–Trinajstić information content (AvgIpc) is 3.07. The number of Topliss-reactive ketones (excluding diaryl/α,β-unsaturated/α-hetero) is 1. The molecular weight excluding hydrogens is 352 g/mol. The molecule has 0 N–H and O–H groups in total. The lowest BCUT2D eigenvalue weighted by molar-refractivity contribution is -0.140. The molecule has 2 saturated heterocycles. The number of piperidine rings is 2. The molecule has 148 valence electrons. The van der Waals surface area contributed by atoms with Crippen molar-refractivity contribution >= 4 is 23.2 Å². The van der Waals surface area contributed by atoms with Crippen molar-refractivity contribution in [1.82, 2.24) is 9.80 Å². The maximum Gasteiger partial charge on any atom is 0.227 e. The molecule has 0 atom stereocenters. The monoisotopic (exact) mass is 380 g/mol. The summed E-state index contributed by atoms with van der Waals surface area (Å²) in [6.45, 7) is 2.25. The topological polar surface area (TPSA) is 57.7 Å². The molecule has 0 saturated carbocycles. The molecule has 0 aromatic heterocycles. The summed E-state index contributed by atoms with van der Waals surface area (Å²) in [6, 6.07) is 9.94. The van der Waals surface area contributed by atoms with Crippen molar-refractivity contribution in [2.45, 2.75) is 44.9 Å². The van der Waals surface area contributed by atoms with Crippen molar-refractivity contribution in [1.29, 1.82) is 0 Å². The number of hydrogen-bond donors (Lipinski definition) is 0. The van der Waals surface area contributed by atoms with Gasteiger partial charge in [0.05, 0.1) is 6.42 Å². The molecule has 0 radical (unpaired) electrons. The van der Waals surface area contributed by atoms with Gasteiger partial charge in [-0.3, -0.25) is 14.4 Å². The lowest BCUT2D eigenvalue weighted by atomic mass is 9.72. The summed E-state index contributed by atoms with van der Waals surface area (Å²) in [7, 11) is 1.88. The van der Waals surface area contributed by atoms with E-state index in [2.05, 4.69) is 0 Å². The first kappa shape index (κ1) is 18.9. The number of rotatable bonds is 3. The van der Waals surface area contributed by atoms with Gasteiger partial charge >= 0.3 is 0 Å². The molecule has 1 spiro atoms. The van der Waals surface area contributed by atoms with E-state index in [1.807, 2.05) is 47.2 Å². The van der Waals surface area contributed by atoms with E-state index in [0.717, 1.165) is 56.5 Å². The van der Waals surface area contributed by atoms with Crippen molar-refractivity contribution in [3.05, 3.63) is 41.5 Å². The molecule has 28 heavy (non-hydrogen) atoms. The van der Waals surface area contributed by atoms with Crippen LogP contribution in [0.5, 0.6) is 0 Å². The second-order valence-corrected chi connectivity index (χ2v) is 8.55. The summed E-state index contributed by atoms with van der Waals surface area (Å²) in [6.07, 6.45) is 4.88. The van der Waals surface area contributed by atoms with Crippen molar-refractivity contribution in [3.8, 4) is 0 Å². The van der Waals surface area contributed by atoms with Gasteiger partial charge in [0.15, 0.2) is 5.78 Å². The molecule has 2 fully saturated rings. The van der Waals surface area contributed by atoms with Crippen LogP contribution in [0.25, 0.3) is 5.57 Å². The van der Waals surface area contributed by atoms with Crippen LogP contribution >= 0.6 is 0 Å². The van der Waals surface area contributed by atoms with E-state index >= 15 is 0 Å². The molecule has 3 aliphatic rings. The summed E-state index contributed by atoms with van der Waals surface area (Å²) in [4.78, 5) is 40.9. The number of carbonyl (C=O) groups excluding carboxylic acids is 3. The highest BCUT2D eigenvalue weighted by atomic mass is 16.2. The molecular formula is C23H28N2O3. The van der Waals surface area contributed by atoms with Crippen LogP contribution in [0.1, 0.15) is 50.5 Å². The Morgan fingerprint density at radius 3 is 2.39 bits per heavy atom. The lowest BCUT2D eigenvalue weighted by Crippen LogP contribution is -2.51. The van der Waals surface area contributed by atoms with Crippen LogP contribution in [0.15, 0.2) is 35.9 Å². The second-order valence-electron chi connectivity index (χ2n) is 8.55. The van der Waals surface area contributed by atoms with Gasteiger partial charge in [0.1, 0.15) is 0 Å². The second kappa shape index (κ2) is 7.53. The number of carbonyl (C=O) groups is 3. The van der Waals surface area contributed by atoms with Gasteiger partial charge in [0.2, 0.25) is 11.8 Å². The first-order chi connectivity index (χ1) is 13.5. The highest BCUT2D eigenvalue weighted by Crippen LogP contribution is 2.40. The molecule has 2 heterocycles. The standard InChI is InChI=1S/C23H28N2O3/c1-24-16-23(10-9-21(24)27)11-13-25(14-12-23)22(28)15-19-18(7-8-20(19)26)17-5-3-2-4-6-17/h2-6H,7-16H2,1H3. The minimum atomic E-state index is 0.0637. The van der Waals surface area contributed by atoms with E-state index in [1.165, 1.54) is 0 Å². The van der Waals surface area contributed by atoms with Gasteiger partial charge < -0.3 is 9.80 Å². The largest absolute Gasteiger partial charge is 0.345 e. The van der Waals surface area contributed by atoms with E-state index in [-0.39, 0.29) is 29.4 Å². The van der Waals surface area contributed by atoms with E-state index in [1.54, 1.807) is 0 Å².